The zero-order valence-corrected chi connectivity index (χ0v) is 14.5. The summed E-state index contributed by atoms with van der Waals surface area (Å²) in [5, 5.41) is 5.52. The van der Waals surface area contributed by atoms with Crippen molar-refractivity contribution in [1.82, 2.24) is 10.6 Å². The molecule has 0 radical (unpaired) electrons. The Labute approximate surface area is 147 Å². The molecule has 1 atom stereocenters. The van der Waals surface area contributed by atoms with E-state index in [9.17, 15) is 9.59 Å². The van der Waals surface area contributed by atoms with Crippen LogP contribution >= 0.6 is 0 Å². The van der Waals surface area contributed by atoms with Crippen LogP contribution in [0.4, 0.5) is 0 Å². The molecular formula is C19H24N2O4. The van der Waals surface area contributed by atoms with Gasteiger partial charge in [0, 0.05) is 0 Å². The van der Waals surface area contributed by atoms with Crippen molar-refractivity contribution in [2.75, 3.05) is 6.61 Å². The van der Waals surface area contributed by atoms with Crippen LogP contribution in [-0.2, 0) is 16.1 Å². The molecule has 134 valence electrons. The van der Waals surface area contributed by atoms with Crippen LogP contribution in [0.25, 0.3) is 0 Å². The summed E-state index contributed by atoms with van der Waals surface area (Å²) in [7, 11) is 0. The van der Waals surface area contributed by atoms with Gasteiger partial charge >= 0.3 is 0 Å². The van der Waals surface area contributed by atoms with E-state index in [4.69, 9.17) is 9.15 Å². The van der Waals surface area contributed by atoms with E-state index in [0.29, 0.717) is 17.9 Å². The van der Waals surface area contributed by atoms with Crippen LogP contribution in [-0.4, -0.2) is 24.5 Å². The van der Waals surface area contributed by atoms with Crippen molar-refractivity contribution >= 4 is 11.8 Å². The molecule has 6 heteroatoms. The Hall–Kier alpha value is -2.76. The number of furan rings is 1. The fourth-order valence-corrected chi connectivity index (χ4v) is 2.32. The van der Waals surface area contributed by atoms with E-state index < -0.39 is 6.04 Å². The number of carbonyl (C=O) groups excluding carboxylic acids is 2. The van der Waals surface area contributed by atoms with Crippen molar-refractivity contribution < 1.29 is 18.7 Å². The molecule has 1 heterocycles. The minimum atomic E-state index is -0.609. The van der Waals surface area contributed by atoms with Gasteiger partial charge in [0.15, 0.2) is 6.61 Å². The number of hydrogen-bond acceptors (Lipinski definition) is 4. The maximum absolute atomic E-state index is 12.4. The molecule has 25 heavy (non-hydrogen) atoms. The number of carbonyl (C=O) groups is 2. The molecule has 2 rings (SSSR count). The van der Waals surface area contributed by atoms with Gasteiger partial charge in [0.05, 0.1) is 12.8 Å². The number of hydrogen-bond donors (Lipinski definition) is 2. The first-order valence-electron chi connectivity index (χ1n) is 8.32. The lowest BCUT2D eigenvalue weighted by Gasteiger charge is -2.20. The minimum Gasteiger partial charge on any atom is -0.484 e. The van der Waals surface area contributed by atoms with Crippen molar-refractivity contribution in [3.8, 4) is 5.75 Å². The van der Waals surface area contributed by atoms with E-state index in [1.54, 1.807) is 30.5 Å². The van der Waals surface area contributed by atoms with Gasteiger partial charge in [0.2, 0.25) is 5.91 Å². The lowest BCUT2D eigenvalue weighted by molar-refractivity contribution is -0.130. The van der Waals surface area contributed by atoms with Gasteiger partial charge in [0.1, 0.15) is 17.6 Å². The summed E-state index contributed by atoms with van der Waals surface area (Å²) in [5.41, 5.74) is 0. The number of nitrogens with one attached hydrogen (secondary N) is 2. The van der Waals surface area contributed by atoms with E-state index in [-0.39, 0.29) is 30.9 Å². The molecule has 0 bridgehead atoms. The van der Waals surface area contributed by atoms with E-state index in [0.717, 1.165) is 0 Å². The highest BCUT2D eigenvalue weighted by Crippen LogP contribution is 2.09. The second kappa shape index (κ2) is 9.52. The smallest absolute Gasteiger partial charge is 0.258 e. The summed E-state index contributed by atoms with van der Waals surface area (Å²) in [6.45, 7) is 4.15. The zero-order chi connectivity index (χ0) is 18.1. The fraction of sp³-hybridized carbons (Fsp3) is 0.368. The molecular weight excluding hydrogens is 320 g/mol. The molecule has 0 spiro atoms. The molecule has 0 aliphatic heterocycles. The Morgan fingerprint density at radius 3 is 2.52 bits per heavy atom. The molecule has 0 unspecified atom stereocenters. The summed E-state index contributed by atoms with van der Waals surface area (Å²) in [5.74, 6) is 0.964. The number of para-hydroxylation sites is 1. The topological polar surface area (TPSA) is 80.6 Å². The molecule has 0 saturated carbocycles. The molecule has 2 N–H and O–H groups in total. The van der Waals surface area contributed by atoms with Crippen molar-refractivity contribution in [1.29, 1.82) is 0 Å². The van der Waals surface area contributed by atoms with Crippen molar-refractivity contribution in [2.24, 2.45) is 5.92 Å². The van der Waals surface area contributed by atoms with Crippen LogP contribution in [0.1, 0.15) is 26.0 Å². The Kier molecular flexibility index (Phi) is 7.07. The predicted molar refractivity (Wildman–Crippen MR) is 93.9 cm³/mol. The lowest BCUT2D eigenvalue weighted by Crippen LogP contribution is -2.48. The van der Waals surface area contributed by atoms with Gasteiger partial charge in [-0.25, -0.2) is 0 Å². The molecule has 6 nitrogen and oxygen atoms in total. The van der Waals surface area contributed by atoms with E-state index >= 15 is 0 Å². The largest absolute Gasteiger partial charge is 0.484 e. The maximum Gasteiger partial charge on any atom is 0.258 e. The summed E-state index contributed by atoms with van der Waals surface area (Å²) in [6.07, 6.45) is 2.09. The van der Waals surface area contributed by atoms with Crippen LogP contribution in [0.3, 0.4) is 0 Å². The average molecular weight is 344 g/mol. The third-order valence-electron chi connectivity index (χ3n) is 3.49. The normalized spacial score (nSPS) is 11.8. The highest BCUT2D eigenvalue weighted by Gasteiger charge is 2.22. The van der Waals surface area contributed by atoms with Gasteiger partial charge in [-0.05, 0) is 36.6 Å². The van der Waals surface area contributed by atoms with Crippen LogP contribution < -0.4 is 15.4 Å². The van der Waals surface area contributed by atoms with Gasteiger partial charge in [0.25, 0.3) is 5.91 Å². The first-order valence-corrected chi connectivity index (χ1v) is 8.32. The van der Waals surface area contributed by atoms with Gasteiger partial charge in [-0.1, -0.05) is 32.0 Å². The SMILES string of the molecule is CC(C)C[C@@H](NC(=O)COc1ccccc1)C(=O)NCc1ccco1. The minimum absolute atomic E-state index is 0.135. The van der Waals surface area contributed by atoms with Crippen LogP contribution in [0.2, 0.25) is 0 Å². The molecule has 1 aromatic heterocycles. The molecule has 0 saturated heterocycles. The third kappa shape index (κ3) is 6.71. The summed E-state index contributed by atoms with van der Waals surface area (Å²) in [6, 6.07) is 12.0. The van der Waals surface area contributed by atoms with Crippen molar-refractivity contribution in [2.45, 2.75) is 32.9 Å². The molecule has 1 aromatic carbocycles. The van der Waals surface area contributed by atoms with Gasteiger partial charge in [-0.15, -0.1) is 0 Å². The predicted octanol–water partition coefficient (Wildman–Crippen LogP) is 2.51. The Morgan fingerprint density at radius 1 is 1.12 bits per heavy atom. The number of amides is 2. The molecule has 0 aliphatic rings. The first-order chi connectivity index (χ1) is 12.0. The second-order valence-corrected chi connectivity index (χ2v) is 6.15. The van der Waals surface area contributed by atoms with Crippen LogP contribution in [0.5, 0.6) is 5.75 Å². The zero-order valence-electron chi connectivity index (χ0n) is 14.5. The van der Waals surface area contributed by atoms with Gasteiger partial charge in [-0.3, -0.25) is 9.59 Å². The summed E-state index contributed by atoms with van der Waals surface area (Å²) < 4.78 is 10.6. The van der Waals surface area contributed by atoms with Crippen molar-refractivity contribution in [3.63, 3.8) is 0 Å². The quantitative estimate of drug-likeness (QED) is 0.732. The highest BCUT2D eigenvalue weighted by atomic mass is 16.5. The molecule has 2 amide bonds. The standard InChI is InChI=1S/C19H24N2O4/c1-14(2)11-17(19(23)20-12-16-9-6-10-24-16)21-18(22)13-25-15-7-4-3-5-8-15/h3-10,14,17H,11-13H2,1-2H3,(H,20,23)(H,21,22)/t17-/m1/s1. The monoisotopic (exact) mass is 344 g/mol. The lowest BCUT2D eigenvalue weighted by atomic mass is 10.0. The molecule has 2 aromatic rings. The molecule has 0 fully saturated rings. The molecule has 0 aliphatic carbocycles. The number of rotatable bonds is 9. The Bertz CT molecular complexity index is 653. The Balaban J connectivity index is 1.85. The summed E-state index contributed by atoms with van der Waals surface area (Å²) >= 11 is 0. The second-order valence-electron chi connectivity index (χ2n) is 6.15. The first kappa shape index (κ1) is 18.6. The number of benzene rings is 1. The van der Waals surface area contributed by atoms with E-state index in [1.165, 1.54) is 0 Å². The van der Waals surface area contributed by atoms with E-state index in [2.05, 4.69) is 10.6 Å². The third-order valence-corrected chi connectivity index (χ3v) is 3.49. The maximum atomic E-state index is 12.4. The summed E-state index contributed by atoms with van der Waals surface area (Å²) in [4.78, 5) is 24.5. The van der Waals surface area contributed by atoms with Crippen LogP contribution in [0, 0.1) is 5.92 Å². The van der Waals surface area contributed by atoms with Crippen LogP contribution in [0.15, 0.2) is 53.1 Å². The fourth-order valence-electron chi connectivity index (χ4n) is 2.32. The van der Waals surface area contributed by atoms with E-state index in [1.807, 2.05) is 32.0 Å². The average Bonchev–Trinajstić information content (AvgIpc) is 3.11. The Morgan fingerprint density at radius 2 is 1.88 bits per heavy atom. The van der Waals surface area contributed by atoms with Gasteiger partial charge < -0.3 is 19.8 Å². The highest BCUT2D eigenvalue weighted by molar-refractivity contribution is 5.88. The van der Waals surface area contributed by atoms with Gasteiger partial charge in [-0.2, -0.15) is 0 Å². The number of ether oxygens (including phenoxy) is 1. The van der Waals surface area contributed by atoms with Crippen molar-refractivity contribution in [3.05, 3.63) is 54.5 Å².